The topological polar surface area (TPSA) is 40.5 Å². The van der Waals surface area contributed by atoms with Crippen molar-refractivity contribution >= 4 is 5.91 Å². The number of carbonyl (C=O) groups excluding carboxylic acids is 1. The molecule has 92 valence electrons. The van der Waals surface area contributed by atoms with E-state index in [1.54, 1.807) is 4.90 Å². The molecule has 17 heavy (non-hydrogen) atoms. The molecule has 1 fully saturated rings. The van der Waals surface area contributed by atoms with E-state index in [1.807, 2.05) is 37.3 Å². The highest BCUT2D eigenvalue weighted by atomic mass is 16.3. The Labute approximate surface area is 102 Å². The minimum absolute atomic E-state index is 0.120. The van der Waals surface area contributed by atoms with E-state index >= 15 is 0 Å². The third kappa shape index (κ3) is 2.86. The van der Waals surface area contributed by atoms with Gasteiger partial charge in [-0.25, -0.2) is 0 Å². The van der Waals surface area contributed by atoms with E-state index in [-0.39, 0.29) is 17.9 Å². The van der Waals surface area contributed by atoms with Crippen LogP contribution in [0.5, 0.6) is 0 Å². The van der Waals surface area contributed by atoms with E-state index in [0.717, 1.165) is 24.9 Å². The number of carbonyl (C=O) groups is 1. The van der Waals surface area contributed by atoms with Gasteiger partial charge in [0.25, 0.3) is 0 Å². The molecule has 1 aliphatic heterocycles. The summed E-state index contributed by atoms with van der Waals surface area (Å²) < 4.78 is 0. The zero-order chi connectivity index (χ0) is 12.3. The Morgan fingerprint density at radius 2 is 2.12 bits per heavy atom. The second kappa shape index (κ2) is 5.32. The Hall–Kier alpha value is -1.35. The Bertz CT molecular complexity index is 377. The first kappa shape index (κ1) is 12.1. The van der Waals surface area contributed by atoms with Crippen LogP contribution in [0.25, 0.3) is 0 Å². The van der Waals surface area contributed by atoms with Crippen molar-refractivity contribution in [2.24, 2.45) is 0 Å². The SMILES string of the molecule is C[C@@H](C(=O)N1CCC[C@H](O)C1)c1ccccc1. The standard InChI is InChI=1S/C14H19NO2/c1-11(12-6-3-2-4-7-12)14(17)15-9-5-8-13(16)10-15/h2-4,6-7,11,13,16H,5,8-10H2,1H3/t11-,13+/m1/s1. The number of rotatable bonds is 2. The van der Waals surface area contributed by atoms with Gasteiger partial charge < -0.3 is 10.0 Å². The summed E-state index contributed by atoms with van der Waals surface area (Å²) >= 11 is 0. The smallest absolute Gasteiger partial charge is 0.229 e. The molecule has 1 N–H and O–H groups in total. The van der Waals surface area contributed by atoms with E-state index < -0.39 is 0 Å². The van der Waals surface area contributed by atoms with Crippen LogP contribution in [-0.2, 0) is 4.79 Å². The largest absolute Gasteiger partial charge is 0.391 e. The fourth-order valence-corrected chi connectivity index (χ4v) is 2.31. The Kier molecular flexibility index (Phi) is 3.79. The lowest BCUT2D eigenvalue weighted by atomic mass is 9.98. The molecule has 0 saturated carbocycles. The van der Waals surface area contributed by atoms with Gasteiger partial charge in [0, 0.05) is 13.1 Å². The summed E-state index contributed by atoms with van der Waals surface area (Å²) in [6.07, 6.45) is 1.36. The molecule has 3 heteroatoms. The van der Waals surface area contributed by atoms with Crippen LogP contribution in [0, 0.1) is 0 Å². The van der Waals surface area contributed by atoms with E-state index in [9.17, 15) is 9.90 Å². The first-order valence-corrected chi connectivity index (χ1v) is 6.20. The quantitative estimate of drug-likeness (QED) is 0.845. The van der Waals surface area contributed by atoms with Crippen molar-refractivity contribution in [3.8, 4) is 0 Å². The van der Waals surface area contributed by atoms with Crippen LogP contribution in [0.3, 0.4) is 0 Å². The van der Waals surface area contributed by atoms with Crippen LogP contribution >= 0.6 is 0 Å². The summed E-state index contributed by atoms with van der Waals surface area (Å²) in [5.41, 5.74) is 1.04. The number of aliphatic hydroxyl groups excluding tert-OH is 1. The Morgan fingerprint density at radius 1 is 1.41 bits per heavy atom. The zero-order valence-electron chi connectivity index (χ0n) is 10.2. The maximum absolute atomic E-state index is 12.3. The number of amides is 1. The normalized spacial score (nSPS) is 22.2. The molecule has 0 bridgehead atoms. The lowest BCUT2D eigenvalue weighted by Crippen LogP contribution is -2.43. The Morgan fingerprint density at radius 3 is 2.76 bits per heavy atom. The van der Waals surface area contributed by atoms with E-state index in [0.29, 0.717) is 6.54 Å². The van der Waals surface area contributed by atoms with Crippen molar-refractivity contribution in [1.29, 1.82) is 0 Å². The summed E-state index contributed by atoms with van der Waals surface area (Å²) in [6.45, 7) is 3.18. The maximum atomic E-state index is 12.3. The van der Waals surface area contributed by atoms with Gasteiger partial charge in [0.1, 0.15) is 0 Å². The van der Waals surface area contributed by atoms with E-state index in [2.05, 4.69) is 0 Å². The molecule has 1 heterocycles. The molecule has 0 aliphatic carbocycles. The van der Waals surface area contributed by atoms with E-state index in [1.165, 1.54) is 0 Å². The van der Waals surface area contributed by atoms with Gasteiger partial charge in [-0.2, -0.15) is 0 Å². The van der Waals surface area contributed by atoms with Crippen molar-refractivity contribution in [3.63, 3.8) is 0 Å². The summed E-state index contributed by atoms with van der Waals surface area (Å²) in [5.74, 6) is -0.00329. The van der Waals surface area contributed by atoms with Crippen molar-refractivity contribution < 1.29 is 9.90 Å². The highest BCUT2D eigenvalue weighted by Crippen LogP contribution is 2.20. The third-order valence-electron chi connectivity index (χ3n) is 3.38. The third-order valence-corrected chi connectivity index (χ3v) is 3.38. The maximum Gasteiger partial charge on any atom is 0.229 e. The number of hydrogen-bond acceptors (Lipinski definition) is 2. The summed E-state index contributed by atoms with van der Waals surface area (Å²) in [7, 11) is 0. The van der Waals surface area contributed by atoms with Crippen LogP contribution in [0.2, 0.25) is 0 Å². The molecule has 1 amide bonds. The molecule has 1 aliphatic rings. The summed E-state index contributed by atoms with van der Waals surface area (Å²) in [5, 5.41) is 9.59. The predicted molar refractivity (Wildman–Crippen MR) is 66.7 cm³/mol. The molecule has 2 atom stereocenters. The van der Waals surface area contributed by atoms with Crippen molar-refractivity contribution in [2.45, 2.75) is 31.8 Å². The van der Waals surface area contributed by atoms with Gasteiger partial charge in [0.15, 0.2) is 0 Å². The number of benzene rings is 1. The molecule has 0 radical (unpaired) electrons. The molecular formula is C14H19NO2. The van der Waals surface area contributed by atoms with Crippen LogP contribution in [0.1, 0.15) is 31.2 Å². The van der Waals surface area contributed by atoms with Gasteiger partial charge >= 0.3 is 0 Å². The van der Waals surface area contributed by atoms with Crippen LogP contribution in [0.4, 0.5) is 0 Å². The lowest BCUT2D eigenvalue weighted by Gasteiger charge is -2.32. The summed E-state index contributed by atoms with van der Waals surface area (Å²) in [6, 6.07) is 9.80. The molecule has 2 rings (SSSR count). The minimum atomic E-state index is -0.351. The van der Waals surface area contributed by atoms with Crippen molar-refractivity contribution in [3.05, 3.63) is 35.9 Å². The second-order valence-electron chi connectivity index (χ2n) is 4.71. The molecule has 1 saturated heterocycles. The van der Waals surface area contributed by atoms with E-state index in [4.69, 9.17) is 0 Å². The highest BCUT2D eigenvalue weighted by Gasteiger charge is 2.26. The van der Waals surface area contributed by atoms with Gasteiger partial charge in [-0.3, -0.25) is 4.79 Å². The highest BCUT2D eigenvalue weighted by molar-refractivity contribution is 5.83. The minimum Gasteiger partial charge on any atom is -0.391 e. The molecule has 0 aromatic heterocycles. The van der Waals surface area contributed by atoms with Gasteiger partial charge in [-0.15, -0.1) is 0 Å². The number of β-amino-alcohol motifs (C(OH)–C–C–N with tert-alkyl or cyclic N) is 1. The molecule has 0 spiro atoms. The Balaban J connectivity index is 2.04. The second-order valence-corrected chi connectivity index (χ2v) is 4.71. The fraction of sp³-hybridized carbons (Fsp3) is 0.500. The van der Waals surface area contributed by atoms with Gasteiger partial charge in [-0.1, -0.05) is 30.3 Å². The predicted octanol–water partition coefficient (Wildman–Crippen LogP) is 1.77. The van der Waals surface area contributed by atoms with Crippen molar-refractivity contribution in [1.82, 2.24) is 4.90 Å². The molecule has 0 unspecified atom stereocenters. The zero-order valence-corrected chi connectivity index (χ0v) is 10.2. The van der Waals surface area contributed by atoms with Crippen LogP contribution < -0.4 is 0 Å². The molecule has 1 aromatic carbocycles. The summed E-state index contributed by atoms with van der Waals surface area (Å²) in [4.78, 5) is 14.0. The molecule has 3 nitrogen and oxygen atoms in total. The average Bonchev–Trinajstić information content (AvgIpc) is 2.38. The number of piperidine rings is 1. The fourth-order valence-electron chi connectivity index (χ4n) is 2.31. The number of nitrogens with zero attached hydrogens (tertiary/aromatic N) is 1. The number of aliphatic hydroxyl groups is 1. The first-order chi connectivity index (χ1) is 8.18. The number of likely N-dealkylation sites (tertiary alicyclic amines) is 1. The van der Waals surface area contributed by atoms with Crippen LogP contribution in [-0.4, -0.2) is 35.1 Å². The van der Waals surface area contributed by atoms with Gasteiger partial charge in [0.05, 0.1) is 12.0 Å². The number of hydrogen-bond donors (Lipinski definition) is 1. The lowest BCUT2D eigenvalue weighted by molar-refractivity contribution is -0.135. The molecule has 1 aromatic rings. The van der Waals surface area contributed by atoms with Gasteiger partial charge in [-0.05, 0) is 25.3 Å². The first-order valence-electron chi connectivity index (χ1n) is 6.20. The molecular weight excluding hydrogens is 214 g/mol. The van der Waals surface area contributed by atoms with Gasteiger partial charge in [0.2, 0.25) is 5.91 Å². The van der Waals surface area contributed by atoms with Crippen molar-refractivity contribution in [2.75, 3.05) is 13.1 Å². The average molecular weight is 233 g/mol. The van der Waals surface area contributed by atoms with Crippen LogP contribution in [0.15, 0.2) is 30.3 Å². The monoisotopic (exact) mass is 233 g/mol.